The Morgan fingerprint density at radius 3 is 2.58 bits per heavy atom. The molecule has 100 valence electrons. The number of benzene rings is 1. The number of para-hydroxylation sites is 1. The van der Waals surface area contributed by atoms with Crippen LogP contribution in [-0.2, 0) is 13.6 Å². The summed E-state index contributed by atoms with van der Waals surface area (Å²) < 4.78 is 2.06. The topological polar surface area (TPSA) is 37.3 Å². The average molecular weight is 257 g/mol. The summed E-state index contributed by atoms with van der Waals surface area (Å²) in [7, 11) is 5.53. The van der Waals surface area contributed by atoms with Crippen LogP contribution in [0.5, 0.6) is 0 Å². The van der Waals surface area contributed by atoms with Crippen molar-refractivity contribution in [2.75, 3.05) is 19.4 Å². The average Bonchev–Trinajstić information content (AvgIpc) is 2.81. The van der Waals surface area contributed by atoms with E-state index in [1.807, 2.05) is 43.6 Å². The Bertz CT molecular complexity index is 572. The molecule has 4 heteroatoms. The number of nitrogens with zero attached hydrogens (tertiary/aromatic N) is 2. The van der Waals surface area contributed by atoms with Gasteiger partial charge in [-0.25, -0.2) is 0 Å². The second-order valence-electron chi connectivity index (χ2n) is 4.71. The lowest BCUT2D eigenvalue weighted by Gasteiger charge is -2.15. The summed E-state index contributed by atoms with van der Waals surface area (Å²) in [5, 5.41) is 3.32. The van der Waals surface area contributed by atoms with Gasteiger partial charge in [0.25, 0.3) is 5.91 Å². The fourth-order valence-electron chi connectivity index (χ4n) is 1.93. The van der Waals surface area contributed by atoms with E-state index < -0.39 is 0 Å². The molecule has 0 aliphatic rings. The number of carbonyl (C=O) groups is 1. The van der Waals surface area contributed by atoms with Crippen molar-refractivity contribution < 1.29 is 4.79 Å². The zero-order chi connectivity index (χ0) is 13.8. The standard InChI is InChI=1S/C15H19N3O/c1-17(2)15(19)13-8-4-5-9-14(13)16-11-12-7-6-10-18(12)3/h4-10,16H,11H2,1-3H3. The minimum atomic E-state index is 0.00924. The number of anilines is 1. The molecule has 19 heavy (non-hydrogen) atoms. The van der Waals surface area contributed by atoms with Gasteiger partial charge in [0.1, 0.15) is 0 Å². The van der Waals surface area contributed by atoms with Crippen LogP contribution in [0.25, 0.3) is 0 Å². The molecule has 0 atom stereocenters. The highest BCUT2D eigenvalue weighted by Crippen LogP contribution is 2.17. The number of aromatic nitrogens is 1. The van der Waals surface area contributed by atoms with Gasteiger partial charge in [-0.1, -0.05) is 12.1 Å². The van der Waals surface area contributed by atoms with Gasteiger partial charge in [-0.05, 0) is 24.3 Å². The lowest BCUT2D eigenvalue weighted by atomic mass is 10.1. The molecule has 1 amide bonds. The van der Waals surface area contributed by atoms with E-state index in [-0.39, 0.29) is 5.91 Å². The molecule has 0 aliphatic carbocycles. The third kappa shape index (κ3) is 2.96. The van der Waals surface area contributed by atoms with Gasteiger partial charge in [0.05, 0.1) is 12.1 Å². The van der Waals surface area contributed by atoms with Crippen LogP contribution in [-0.4, -0.2) is 29.5 Å². The van der Waals surface area contributed by atoms with Gasteiger partial charge in [0.15, 0.2) is 0 Å². The molecule has 2 rings (SSSR count). The number of aryl methyl sites for hydroxylation is 1. The van der Waals surface area contributed by atoms with E-state index in [2.05, 4.69) is 16.0 Å². The quantitative estimate of drug-likeness (QED) is 0.913. The van der Waals surface area contributed by atoms with Gasteiger partial charge < -0.3 is 14.8 Å². The van der Waals surface area contributed by atoms with E-state index in [9.17, 15) is 4.79 Å². The van der Waals surface area contributed by atoms with Crippen LogP contribution in [0.4, 0.5) is 5.69 Å². The predicted octanol–water partition coefficient (Wildman–Crippen LogP) is 2.34. The molecule has 1 aromatic carbocycles. The van der Waals surface area contributed by atoms with Gasteiger partial charge in [0, 0.05) is 38.7 Å². The van der Waals surface area contributed by atoms with Crippen molar-refractivity contribution in [2.24, 2.45) is 7.05 Å². The van der Waals surface area contributed by atoms with Crippen LogP contribution >= 0.6 is 0 Å². The minimum Gasteiger partial charge on any atom is -0.379 e. The molecule has 2 aromatic rings. The van der Waals surface area contributed by atoms with Crippen LogP contribution in [0.2, 0.25) is 0 Å². The van der Waals surface area contributed by atoms with Gasteiger partial charge >= 0.3 is 0 Å². The molecule has 1 aromatic heterocycles. The number of hydrogen-bond acceptors (Lipinski definition) is 2. The largest absolute Gasteiger partial charge is 0.379 e. The molecule has 0 radical (unpaired) electrons. The Kier molecular flexibility index (Phi) is 3.90. The normalized spacial score (nSPS) is 10.3. The van der Waals surface area contributed by atoms with Crippen molar-refractivity contribution >= 4 is 11.6 Å². The number of nitrogens with one attached hydrogen (secondary N) is 1. The lowest BCUT2D eigenvalue weighted by Crippen LogP contribution is -2.23. The lowest BCUT2D eigenvalue weighted by molar-refractivity contribution is 0.0828. The maximum Gasteiger partial charge on any atom is 0.255 e. The molecule has 4 nitrogen and oxygen atoms in total. The second kappa shape index (κ2) is 5.61. The smallest absolute Gasteiger partial charge is 0.255 e. The first-order valence-electron chi connectivity index (χ1n) is 6.24. The molecule has 0 saturated carbocycles. The number of carbonyl (C=O) groups excluding carboxylic acids is 1. The Labute approximate surface area is 113 Å². The second-order valence-corrected chi connectivity index (χ2v) is 4.71. The summed E-state index contributed by atoms with van der Waals surface area (Å²) in [4.78, 5) is 13.7. The van der Waals surface area contributed by atoms with E-state index in [0.29, 0.717) is 12.1 Å². The highest BCUT2D eigenvalue weighted by Gasteiger charge is 2.12. The third-order valence-corrected chi connectivity index (χ3v) is 3.07. The summed E-state index contributed by atoms with van der Waals surface area (Å²) in [6, 6.07) is 11.6. The molecule has 1 N–H and O–H groups in total. The molecular formula is C15H19N3O. The monoisotopic (exact) mass is 257 g/mol. The van der Waals surface area contributed by atoms with E-state index >= 15 is 0 Å². The SMILES string of the molecule is CN(C)C(=O)c1ccccc1NCc1cccn1C. The summed E-state index contributed by atoms with van der Waals surface area (Å²) in [5.74, 6) is 0.00924. The van der Waals surface area contributed by atoms with Crippen LogP contribution in [0, 0.1) is 0 Å². The van der Waals surface area contributed by atoms with E-state index in [1.165, 1.54) is 5.69 Å². The molecule has 0 fully saturated rings. The Morgan fingerprint density at radius 1 is 1.21 bits per heavy atom. The Hall–Kier alpha value is -2.23. The highest BCUT2D eigenvalue weighted by atomic mass is 16.2. The first-order valence-corrected chi connectivity index (χ1v) is 6.24. The van der Waals surface area contributed by atoms with E-state index in [1.54, 1.807) is 19.0 Å². The molecule has 0 aliphatic heterocycles. The van der Waals surface area contributed by atoms with Crippen molar-refractivity contribution in [2.45, 2.75) is 6.54 Å². The maximum atomic E-state index is 12.1. The van der Waals surface area contributed by atoms with Crippen molar-refractivity contribution in [3.8, 4) is 0 Å². The molecule has 0 unspecified atom stereocenters. The van der Waals surface area contributed by atoms with Crippen molar-refractivity contribution in [1.29, 1.82) is 0 Å². The number of rotatable bonds is 4. The number of amides is 1. The summed E-state index contributed by atoms with van der Waals surface area (Å²) in [5.41, 5.74) is 2.73. The van der Waals surface area contributed by atoms with Gasteiger partial charge in [-0.2, -0.15) is 0 Å². The van der Waals surface area contributed by atoms with Crippen LogP contribution in [0.3, 0.4) is 0 Å². The van der Waals surface area contributed by atoms with Gasteiger partial charge in [-0.15, -0.1) is 0 Å². The molecule has 0 bridgehead atoms. The van der Waals surface area contributed by atoms with Crippen LogP contribution in [0.1, 0.15) is 16.1 Å². The molecular weight excluding hydrogens is 238 g/mol. The third-order valence-electron chi connectivity index (χ3n) is 3.07. The zero-order valence-electron chi connectivity index (χ0n) is 11.6. The molecule has 0 spiro atoms. The number of hydrogen-bond donors (Lipinski definition) is 1. The predicted molar refractivity (Wildman–Crippen MR) is 77.2 cm³/mol. The van der Waals surface area contributed by atoms with Crippen molar-refractivity contribution in [3.63, 3.8) is 0 Å². The van der Waals surface area contributed by atoms with E-state index in [4.69, 9.17) is 0 Å². The molecule has 1 heterocycles. The van der Waals surface area contributed by atoms with Crippen molar-refractivity contribution in [1.82, 2.24) is 9.47 Å². The summed E-state index contributed by atoms with van der Waals surface area (Å²) >= 11 is 0. The molecule has 0 saturated heterocycles. The van der Waals surface area contributed by atoms with Gasteiger partial charge in [0.2, 0.25) is 0 Å². The first kappa shape index (κ1) is 13.2. The minimum absolute atomic E-state index is 0.00924. The van der Waals surface area contributed by atoms with E-state index in [0.717, 1.165) is 5.69 Å². The highest BCUT2D eigenvalue weighted by molar-refractivity contribution is 5.99. The summed E-state index contributed by atoms with van der Waals surface area (Å²) in [6.45, 7) is 0.696. The Balaban J connectivity index is 2.17. The Morgan fingerprint density at radius 2 is 1.95 bits per heavy atom. The fraction of sp³-hybridized carbons (Fsp3) is 0.267. The van der Waals surface area contributed by atoms with Crippen LogP contribution < -0.4 is 5.32 Å². The zero-order valence-corrected chi connectivity index (χ0v) is 11.6. The maximum absolute atomic E-state index is 12.1. The fourth-order valence-corrected chi connectivity index (χ4v) is 1.93. The van der Waals surface area contributed by atoms with Crippen LogP contribution in [0.15, 0.2) is 42.6 Å². The summed E-state index contributed by atoms with van der Waals surface area (Å²) in [6.07, 6.45) is 2.01. The van der Waals surface area contributed by atoms with Crippen molar-refractivity contribution in [3.05, 3.63) is 53.9 Å². The van der Waals surface area contributed by atoms with Gasteiger partial charge in [-0.3, -0.25) is 4.79 Å². The first-order chi connectivity index (χ1) is 9.09.